The Morgan fingerprint density at radius 1 is 1.33 bits per heavy atom. The lowest BCUT2D eigenvalue weighted by molar-refractivity contribution is -0.384. The first kappa shape index (κ1) is 21.2. The van der Waals surface area contributed by atoms with Gasteiger partial charge in [-0.3, -0.25) is 20.4 Å². The molecule has 1 unspecified atom stereocenters. The molecule has 9 nitrogen and oxygen atoms in total. The molecule has 2 aliphatic heterocycles. The van der Waals surface area contributed by atoms with Gasteiger partial charge in [-0.2, -0.15) is 5.26 Å². The second kappa shape index (κ2) is 8.88. The molecule has 2 aliphatic rings. The van der Waals surface area contributed by atoms with Crippen molar-refractivity contribution in [3.63, 3.8) is 0 Å². The van der Waals surface area contributed by atoms with Crippen LogP contribution in [0.5, 0.6) is 11.5 Å². The minimum absolute atomic E-state index is 0. The standard InChI is InChI=1S/C20H19N5O4.ClH/c1-22-20(23-11-21)24-7-6-14-9-18-19(29-12-28-18)10-16(14)17(24)8-13-2-4-15(5-3-13)25(26)27;/h2-5,9-10,17H,6-8,12H2,1H3,(H,22,23);1H. The number of non-ortho nitro benzene ring substituents is 1. The minimum Gasteiger partial charge on any atom is -0.454 e. The Kier molecular flexibility index (Phi) is 6.28. The van der Waals surface area contributed by atoms with Gasteiger partial charge < -0.3 is 14.4 Å². The molecule has 2 heterocycles. The number of benzene rings is 2. The largest absolute Gasteiger partial charge is 0.454 e. The number of nitrogens with one attached hydrogen (secondary N) is 1. The van der Waals surface area contributed by atoms with Crippen LogP contribution in [0.2, 0.25) is 0 Å². The molecule has 156 valence electrons. The smallest absolute Gasteiger partial charge is 0.269 e. The normalized spacial score (nSPS) is 16.9. The Bertz CT molecular complexity index is 1020. The number of nitrogens with zero attached hydrogens (tertiary/aromatic N) is 4. The average Bonchev–Trinajstić information content (AvgIpc) is 3.19. The van der Waals surface area contributed by atoms with Crippen LogP contribution in [0.1, 0.15) is 22.7 Å². The number of nitro groups is 1. The van der Waals surface area contributed by atoms with Crippen LogP contribution in [-0.4, -0.2) is 36.2 Å². The summed E-state index contributed by atoms with van der Waals surface area (Å²) in [6, 6.07) is 10.4. The van der Waals surface area contributed by atoms with E-state index in [0.717, 1.165) is 28.9 Å². The maximum Gasteiger partial charge on any atom is 0.269 e. The van der Waals surface area contributed by atoms with Gasteiger partial charge in [0.15, 0.2) is 17.7 Å². The van der Waals surface area contributed by atoms with Gasteiger partial charge in [-0.15, -0.1) is 12.4 Å². The fraction of sp³-hybridized carbons (Fsp3) is 0.300. The van der Waals surface area contributed by atoms with Crippen LogP contribution in [0.15, 0.2) is 41.4 Å². The highest BCUT2D eigenvalue weighted by Crippen LogP contribution is 2.41. The van der Waals surface area contributed by atoms with Crippen molar-refractivity contribution < 1.29 is 14.4 Å². The summed E-state index contributed by atoms with van der Waals surface area (Å²) in [7, 11) is 1.64. The second-order valence-corrected chi connectivity index (χ2v) is 6.78. The molecule has 0 saturated heterocycles. The highest BCUT2D eigenvalue weighted by molar-refractivity contribution is 5.85. The molecule has 1 atom stereocenters. The summed E-state index contributed by atoms with van der Waals surface area (Å²) < 4.78 is 11.1. The number of ether oxygens (including phenoxy) is 2. The molecule has 0 fully saturated rings. The summed E-state index contributed by atoms with van der Waals surface area (Å²) in [6.07, 6.45) is 3.31. The van der Waals surface area contributed by atoms with E-state index in [1.54, 1.807) is 19.2 Å². The van der Waals surface area contributed by atoms with Crippen molar-refractivity contribution in [2.75, 3.05) is 20.4 Å². The van der Waals surface area contributed by atoms with Crippen molar-refractivity contribution in [1.29, 1.82) is 5.26 Å². The van der Waals surface area contributed by atoms with E-state index in [-0.39, 0.29) is 30.9 Å². The SMILES string of the molecule is CN=C(NC#N)N1CCc2cc3c(cc2C1Cc1ccc([N+](=O)[O-])cc1)OCO3.Cl. The Morgan fingerprint density at radius 3 is 2.67 bits per heavy atom. The highest BCUT2D eigenvalue weighted by atomic mass is 35.5. The van der Waals surface area contributed by atoms with Crippen LogP contribution in [0, 0.1) is 21.6 Å². The molecular formula is C20H20ClN5O4. The zero-order valence-corrected chi connectivity index (χ0v) is 17.0. The van der Waals surface area contributed by atoms with Gasteiger partial charge >= 0.3 is 0 Å². The predicted molar refractivity (Wildman–Crippen MR) is 112 cm³/mol. The van der Waals surface area contributed by atoms with E-state index < -0.39 is 4.92 Å². The van der Waals surface area contributed by atoms with E-state index in [4.69, 9.17) is 14.7 Å². The van der Waals surface area contributed by atoms with Crippen LogP contribution in [0.25, 0.3) is 0 Å². The topological polar surface area (TPSA) is 113 Å². The molecule has 0 amide bonds. The molecule has 0 saturated carbocycles. The van der Waals surface area contributed by atoms with Gasteiger partial charge in [0, 0.05) is 25.7 Å². The van der Waals surface area contributed by atoms with Gasteiger partial charge in [0.2, 0.25) is 12.8 Å². The first-order valence-electron chi connectivity index (χ1n) is 9.15. The zero-order valence-electron chi connectivity index (χ0n) is 16.2. The quantitative estimate of drug-likeness (QED) is 0.199. The summed E-state index contributed by atoms with van der Waals surface area (Å²) in [6.45, 7) is 0.873. The molecule has 2 aromatic rings. The van der Waals surface area contributed by atoms with E-state index in [1.807, 2.05) is 18.3 Å². The number of aliphatic imine (C=N–C) groups is 1. The lowest BCUT2D eigenvalue weighted by Crippen LogP contribution is -2.46. The molecule has 0 aromatic heterocycles. The van der Waals surface area contributed by atoms with Gasteiger partial charge in [-0.25, -0.2) is 0 Å². The lowest BCUT2D eigenvalue weighted by atomic mass is 9.88. The maximum absolute atomic E-state index is 10.9. The highest BCUT2D eigenvalue weighted by Gasteiger charge is 2.32. The van der Waals surface area contributed by atoms with Crippen LogP contribution >= 0.6 is 12.4 Å². The number of guanidine groups is 1. The number of hydrogen-bond donors (Lipinski definition) is 1. The monoisotopic (exact) mass is 429 g/mol. The van der Waals surface area contributed by atoms with Crippen molar-refractivity contribution in [3.8, 4) is 17.7 Å². The number of hydrogen-bond acceptors (Lipinski definition) is 6. The van der Waals surface area contributed by atoms with E-state index in [9.17, 15) is 10.1 Å². The van der Waals surface area contributed by atoms with Gasteiger partial charge in [-0.1, -0.05) is 12.1 Å². The fourth-order valence-corrected chi connectivity index (χ4v) is 3.85. The molecule has 0 bridgehead atoms. The van der Waals surface area contributed by atoms with Gasteiger partial charge in [-0.05, 0) is 41.7 Å². The Morgan fingerprint density at radius 2 is 2.03 bits per heavy atom. The zero-order chi connectivity index (χ0) is 20.4. The maximum atomic E-state index is 10.9. The Balaban J connectivity index is 0.00000256. The number of rotatable bonds is 3. The van der Waals surface area contributed by atoms with Crippen LogP contribution < -0.4 is 14.8 Å². The molecule has 1 N–H and O–H groups in total. The lowest BCUT2D eigenvalue weighted by Gasteiger charge is -2.39. The third-order valence-electron chi connectivity index (χ3n) is 5.22. The van der Waals surface area contributed by atoms with Gasteiger partial charge in [0.25, 0.3) is 5.69 Å². The summed E-state index contributed by atoms with van der Waals surface area (Å²) in [5.74, 6) is 1.93. The molecule has 30 heavy (non-hydrogen) atoms. The van der Waals surface area contributed by atoms with Crippen molar-refractivity contribution in [1.82, 2.24) is 10.2 Å². The number of nitriles is 1. The van der Waals surface area contributed by atoms with Crippen molar-refractivity contribution in [2.45, 2.75) is 18.9 Å². The van der Waals surface area contributed by atoms with Crippen LogP contribution in [0.4, 0.5) is 5.69 Å². The molecule has 0 aliphatic carbocycles. The molecule has 2 aromatic carbocycles. The number of nitro benzene ring substituents is 1. The first-order valence-corrected chi connectivity index (χ1v) is 9.15. The third kappa shape index (κ3) is 3.95. The number of fused-ring (bicyclic) bond motifs is 2. The fourth-order valence-electron chi connectivity index (χ4n) is 3.85. The average molecular weight is 430 g/mol. The first-order chi connectivity index (χ1) is 14.1. The van der Waals surface area contributed by atoms with Crippen molar-refractivity contribution >= 4 is 24.1 Å². The summed E-state index contributed by atoms with van der Waals surface area (Å²) in [5.41, 5.74) is 3.23. The number of halogens is 1. The van der Waals surface area contributed by atoms with E-state index in [1.165, 1.54) is 12.1 Å². The van der Waals surface area contributed by atoms with Gasteiger partial charge in [0.05, 0.1) is 11.0 Å². The van der Waals surface area contributed by atoms with Crippen molar-refractivity contribution in [3.05, 3.63) is 63.2 Å². The van der Waals surface area contributed by atoms with Crippen LogP contribution in [0.3, 0.4) is 0 Å². The molecular weight excluding hydrogens is 410 g/mol. The second-order valence-electron chi connectivity index (χ2n) is 6.78. The van der Waals surface area contributed by atoms with E-state index >= 15 is 0 Å². The Labute approximate surface area is 179 Å². The van der Waals surface area contributed by atoms with E-state index in [2.05, 4.69) is 15.2 Å². The Hall–Kier alpha value is -3.51. The summed E-state index contributed by atoms with van der Waals surface area (Å²) >= 11 is 0. The molecule has 0 spiro atoms. The van der Waals surface area contributed by atoms with Crippen molar-refractivity contribution in [2.24, 2.45) is 4.99 Å². The predicted octanol–water partition coefficient (Wildman–Crippen LogP) is 2.94. The summed E-state index contributed by atoms with van der Waals surface area (Å²) in [4.78, 5) is 16.8. The van der Waals surface area contributed by atoms with Gasteiger partial charge in [0.1, 0.15) is 0 Å². The van der Waals surface area contributed by atoms with E-state index in [0.29, 0.717) is 24.7 Å². The molecule has 4 rings (SSSR count). The van der Waals surface area contributed by atoms with Crippen LogP contribution in [-0.2, 0) is 12.8 Å². The third-order valence-corrected chi connectivity index (χ3v) is 5.22. The minimum atomic E-state index is -0.411. The summed E-state index contributed by atoms with van der Waals surface area (Å²) in [5, 5.41) is 22.7. The molecule has 0 radical (unpaired) electrons. The molecule has 10 heteroatoms.